The molecular formula is C17H21ClN4. The summed E-state index contributed by atoms with van der Waals surface area (Å²) >= 11 is 5.86. The first kappa shape index (κ1) is 15.1. The number of nitrogens with zero attached hydrogens (tertiary/aromatic N) is 1. The van der Waals surface area contributed by atoms with Crippen LogP contribution in [0.4, 0.5) is 11.5 Å². The van der Waals surface area contributed by atoms with Crippen molar-refractivity contribution in [2.75, 3.05) is 30.4 Å². The van der Waals surface area contributed by atoms with E-state index in [9.17, 15) is 0 Å². The normalized spacial score (nSPS) is 13.3. The van der Waals surface area contributed by atoms with Gasteiger partial charge in [-0.25, -0.2) is 4.98 Å². The van der Waals surface area contributed by atoms with Crippen LogP contribution in [0.2, 0.25) is 5.02 Å². The highest BCUT2D eigenvalue weighted by Gasteiger charge is 2.09. The Kier molecular flexibility index (Phi) is 5.14. The highest BCUT2D eigenvalue weighted by Crippen LogP contribution is 2.19. The second kappa shape index (κ2) is 7.47. The molecule has 1 aliphatic rings. The number of fused-ring (bicyclic) bond motifs is 1. The highest BCUT2D eigenvalue weighted by molar-refractivity contribution is 6.30. The van der Waals surface area contributed by atoms with Crippen LogP contribution in [-0.4, -0.2) is 24.7 Å². The van der Waals surface area contributed by atoms with Crippen molar-refractivity contribution in [1.29, 1.82) is 0 Å². The van der Waals surface area contributed by atoms with Crippen LogP contribution in [0, 0.1) is 0 Å². The Morgan fingerprint density at radius 3 is 2.86 bits per heavy atom. The fourth-order valence-corrected chi connectivity index (χ4v) is 2.67. The smallest absolute Gasteiger partial charge is 0.129 e. The molecule has 3 N–H and O–H groups in total. The van der Waals surface area contributed by atoms with Crippen LogP contribution in [0.1, 0.15) is 17.7 Å². The minimum atomic E-state index is 0.727. The summed E-state index contributed by atoms with van der Waals surface area (Å²) in [6, 6.07) is 12.1. The molecule has 0 spiro atoms. The topological polar surface area (TPSA) is 49.0 Å². The summed E-state index contributed by atoms with van der Waals surface area (Å²) < 4.78 is 0. The van der Waals surface area contributed by atoms with Gasteiger partial charge in [-0.1, -0.05) is 17.7 Å². The molecule has 22 heavy (non-hydrogen) atoms. The maximum absolute atomic E-state index is 5.86. The molecule has 0 saturated heterocycles. The number of benzene rings is 1. The van der Waals surface area contributed by atoms with Crippen LogP contribution < -0.4 is 16.0 Å². The zero-order valence-corrected chi connectivity index (χ0v) is 13.3. The molecule has 0 bridgehead atoms. The van der Waals surface area contributed by atoms with E-state index in [4.69, 9.17) is 16.6 Å². The SMILES string of the molecule is Clc1ccc(NCNCCc2ccc3c(n2)NCCC3)cc1. The lowest BCUT2D eigenvalue weighted by molar-refractivity contribution is 0.712. The molecule has 0 unspecified atom stereocenters. The molecule has 4 nitrogen and oxygen atoms in total. The van der Waals surface area contributed by atoms with Crippen molar-refractivity contribution in [2.24, 2.45) is 0 Å². The second-order valence-electron chi connectivity index (χ2n) is 5.45. The lowest BCUT2D eigenvalue weighted by Crippen LogP contribution is -2.24. The van der Waals surface area contributed by atoms with Gasteiger partial charge in [0.25, 0.3) is 0 Å². The summed E-state index contributed by atoms with van der Waals surface area (Å²) in [6.45, 7) is 2.66. The predicted molar refractivity (Wildman–Crippen MR) is 92.7 cm³/mol. The maximum Gasteiger partial charge on any atom is 0.129 e. The average molecular weight is 317 g/mol. The van der Waals surface area contributed by atoms with Gasteiger partial charge in [-0.3, -0.25) is 5.32 Å². The third kappa shape index (κ3) is 4.12. The van der Waals surface area contributed by atoms with Gasteiger partial charge < -0.3 is 10.6 Å². The van der Waals surface area contributed by atoms with Gasteiger partial charge in [0.05, 0.1) is 6.67 Å². The molecule has 0 aliphatic carbocycles. The van der Waals surface area contributed by atoms with E-state index in [1.165, 1.54) is 12.0 Å². The minimum Gasteiger partial charge on any atom is -0.372 e. The molecular weight excluding hydrogens is 296 g/mol. The van der Waals surface area contributed by atoms with Crippen LogP contribution in [0.15, 0.2) is 36.4 Å². The summed E-state index contributed by atoms with van der Waals surface area (Å²) in [4.78, 5) is 4.69. The molecule has 3 rings (SSSR count). The summed E-state index contributed by atoms with van der Waals surface area (Å²) in [5.41, 5.74) is 3.53. The van der Waals surface area contributed by atoms with Crippen LogP contribution >= 0.6 is 11.6 Å². The molecule has 0 radical (unpaired) electrons. The van der Waals surface area contributed by atoms with Gasteiger partial charge in [-0.15, -0.1) is 0 Å². The monoisotopic (exact) mass is 316 g/mol. The number of halogens is 1. The Balaban J connectivity index is 1.40. The number of anilines is 2. The van der Waals surface area contributed by atoms with E-state index in [1.807, 2.05) is 24.3 Å². The molecule has 0 amide bonds. The van der Waals surface area contributed by atoms with E-state index >= 15 is 0 Å². The van der Waals surface area contributed by atoms with E-state index in [0.29, 0.717) is 0 Å². The lowest BCUT2D eigenvalue weighted by Gasteiger charge is -2.17. The summed E-state index contributed by atoms with van der Waals surface area (Å²) in [5.74, 6) is 1.07. The first-order valence-corrected chi connectivity index (χ1v) is 8.12. The molecule has 2 heterocycles. The van der Waals surface area contributed by atoms with Gasteiger partial charge in [-0.2, -0.15) is 0 Å². The molecule has 5 heteroatoms. The number of pyridine rings is 1. The first-order chi connectivity index (χ1) is 10.8. The van der Waals surface area contributed by atoms with E-state index in [1.54, 1.807) is 0 Å². The zero-order valence-electron chi connectivity index (χ0n) is 12.5. The van der Waals surface area contributed by atoms with Gasteiger partial charge in [-0.05, 0) is 48.7 Å². The van der Waals surface area contributed by atoms with Crippen molar-refractivity contribution < 1.29 is 0 Å². The number of nitrogens with one attached hydrogen (secondary N) is 3. The molecule has 0 atom stereocenters. The molecule has 0 saturated carbocycles. The van der Waals surface area contributed by atoms with E-state index in [0.717, 1.165) is 54.8 Å². The van der Waals surface area contributed by atoms with Crippen LogP contribution in [0.25, 0.3) is 0 Å². The van der Waals surface area contributed by atoms with Crippen molar-refractivity contribution >= 4 is 23.1 Å². The number of hydrogen-bond donors (Lipinski definition) is 3. The Hall–Kier alpha value is -1.78. The number of aryl methyl sites for hydroxylation is 1. The van der Waals surface area contributed by atoms with Crippen LogP contribution in [-0.2, 0) is 12.8 Å². The molecule has 1 aliphatic heterocycles. The molecule has 1 aromatic carbocycles. The summed E-state index contributed by atoms with van der Waals surface area (Å²) in [5, 5.41) is 10.8. The Bertz CT molecular complexity index is 613. The Morgan fingerprint density at radius 1 is 1.14 bits per heavy atom. The van der Waals surface area contributed by atoms with Crippen molar-refractivity contribution in [3.05, 3.63) is 52.7 Å². The third-order valence-corrected chi connectivity index (χ3v) is 4.02. The van der Waals surface area contributed by atoms with Gasteiger partial charge in [0.1, 0.15) is 5.82 Å². The van der Waals surface area contributed by atoms with Crippen LogP contribution in [0.3, 0.4) is 0 Å². The fourth-order valence-electron chi connectivity index (χ4n) is 2.55. The number of rotatable bonds is 6. The van der Waals surface area contributed by atoms with Gasteiger partial charge >= 0.3 is 0 Å². The van der Waals surface area contributed by atoms with Crippen molar-refractivity contribution in [2.45, 2.75) is 19.3 Å². The predicted octanol–water partition coefficient (Wildman–Crippen LogP) is 3.29. The number of aromatic nitrogens is 1. The van der Waals surface area contributed by atoms with Crippen LogP contribution in [0.5, 0.6) is 0 Å². The van der Waals surface area contributed by atoms with E-state index < -0.39 is 0 Å². The average Bonchev–Trinajstić information content (AvgIpc) is 2.56. The first-order valence-electron chi connectivity index (χ1n) is 7.74. The highest BCUT2D eigenvalue weighted by atomic mass is 35.5. The summed E-state index contributed by atoms with van der Waals surface area (Å²) in [7, 11) is 0. The zero-order chi connectivity index (χ0) is 15.2. The Labute approximate surface area is 136 Å². The quantitative estimate of drug-likeness (QED) is 0.565. The lowest BCUT2D eigenvalue weighted by atomic mass is 10.1. The second-order valence-corrected chi connectivity index (χ2v) is 5.89. The summed E-state index contributed by atoms with van der Waals surface area (Å²) in [6.07, 6.45) is 3.27. The van der Waals surface area contributed by atoms with Gasteiger partial charge in [0, 0.05) is 35.9 Å². The fraction of sp³-hybridized carbons (Fsp3) is 0.353. The molecule has 116 valence electrons. The van der Waals surface area contributed by atoms with Gasteiger partial charge in [0.2, 0.25) is 0 Å². The Morgan fingerprint density at radius 2 is 2.00 bits per heavy atom. The molecule has 2 aromatic rings. The number of hydrogen-bond acceptors (Lipinski definition) is 4. The van der Waals surface area contributed by atoms with Crippen molar-refractivity contribution in [1.82, 2.24) is 10.3 Å². The maximum atomic E-state index is 5.86. The minimum absolute atomic E-state index is 0.727. The molecule has 0 fully saturated rings. The van der Waals surface area contributed by atoms with E-state index in [2.05, 4.69) is 28.1 Å². The van der Waals surface area contributed by atoms with Crippen molar-refractivity contribution in [3.63, 3.8) is 0 Å². The van der Waals surface area contributed by atoms with E-state index in [-0.39, 0.29) is 0 Å². The largest absolute Gasteiger partial charge is 0.372 e. The van der Waals surface area contributed by atoms with Gasteiger partial charge in [0.15, 0.2) is 0 Å². The standard InChI is InChI=1S/C17H21ClN4/c18-14-4-7-15(8-5-14)21-12-19-11-9-16-6-3-13-2-1-10-20-17(13)22-16/h3-8,19,21H,1-2,9-12H2,(H,20,22). The third-order valence-electron chi connectivity index (χ3n) is 3.77. The van der Waals surface area contributed by atoms with Crippen molar-refractivity contribution in [3.8, 4) is 0 Å². The molecule has 1 aromatic heterocycles.